The van der Waals surface area contributed by atoms with E-state index >= 15 is 0 Å². The second kappa shape index (κ2) is 12.6. The van der Waals surface area contributed by atoms with Gasteiger partial charge in [-0.3, -0.25) is 14.6 Å². The Labute approximate surface area is 268 Å². The molecule has 15 heteroatoms. The number of thiophene rings is 1. The molecule has 1 aromatic carbocycles. The molecule has 3 aromatic rings. The van der Waals surface area contributed by atoms with Gasteiger partial charge in [-0.25, -0.2) is 0 Å². The number of nitrogens with zero attached hydrogens (tertiary/aromatic N) is 3. The van der Waals surface area contributed by atoms with Crippen molar-refractivity contribution in [3.05, 3.63) is 79.2 Å². The summed E-state index contributed by atoms with van der Waals surface area (Å²) >= 11 is 13.0. The first kappa shape index (κ1) is 33.3. The summed E-state index contributed by atoms with van der Waals surface area (Å²) < 4.78 is 88.5. The molecule has 45 heavy (non-hydrogen) atoms. The molecule has 2 aliphatic heterocycles. The molecular weight excluding hydrogens is 667 g/mol. The highest BCUT2D eigenvalue weighted by molar-refractivity contribution is 7.10. The monoisotopic (exact) mass is 693 g/mol. The van der Waals surface area contributed by atoms with Gasteiger partial charge in [0.25, 0.3) is 11.8 Å². The number of fused-ring (bicyclic) bond motifs is 1. The Hall–Kier alpha value is -3.03. The molecule has 2 amide bonds. The van der Waals surface area contributed by atoms with Gasteiger partial charge >= 0.3 is 12.4 Å². The first-order chi connectivity index (χ1) is 21.2. The maximum Gasteiger partial charge on any atom is 0.425 e. The van der Waals surface area contributed by atoms with E-state index < -0.39 is 51.9 Å². The van der Waals surface area contributed by atoms with Crippen LogP contribution >= 0.6 is 34.5 Å². The second-order valence-corrected chi connectivity index (χ2v) is 12.6. The van der Waals surface area contributed by atoms with E-state index in [9.17, 15) is 35.9 Å². The summed E-state index contributed by atoms with van der Waals surface area (Å²) in [4.78, 5) is 34.0. The van der Waals surface area contributed by atoms with Gasteiger partial charge in [-0.15, -0.1) is 11.3 Å². The molecule has 2 aliphatic rings. The molecule has 0 spiro atoms. The average Bonchev–Trinajstić information content (AvgIpc) is 3.48. The molecule has 4 heterocycles. The summed E-state index contributed by atoms with van der Waals surface area (Å²) in [6.07, 6.45) is -7.49. The molecule has 2 atom stereocenters. The van der Waals surface area contributed by atoms with Crippen molar-refractivity contribution in [2.24, 2.45) is 0 Å². The number of carbonyl (C=O) groups is 2. The molecule has 0 radical (unpaired) electrons. The van der Waals surface area contributed by atoms with Gasteiger partial charge in [-0.05, 0) is 48.6 Å². The van der Waals surface area contributed by atoms with Gasteiger partial charge in [0, 0.05) is 43.7 Å². The van der Waals surface area contributed by atoms with E-state index in [1.807, 2.05) is 0 Å². The van der Waals surface area contributed by atoms with Crippen LogP contribution in [0.1, 0.15) is 64.7 Å². The lowest BCUT2D eigenvalue weighted by Gasteiger charge is -2.50. The molecule has 6 nitrogen and oxygen atoms in total. The number of aromatic nitrogens is 1. The number of rotatable bonds is 6. The average molecular weight is 695 g/mol. The number of pyridine rings is 1. The summed E-state index contributed by atoms with van der Waals surface area (Å²) in [6, 6.07) is 4.81. The maximum absolute atomic E-state index is 14.7. The highest BCUT2D eigenvalue weighted by atomic mass is 35.5. The zero-order valence-electron chi connectivity index (χ0n) is 23.8. The van der Waals surface area contributed by atoms with Crippen molar-refractivity contribution >= 4 is 46.4 Å². The molecule has 0 unspecified atom stereocenters. The molecule has 1 fully saturated rings. The third-order valence-electron chi connectivity index (χ3n) is 8.09. The van der Waals surface area contributed by atoms with E-state index in [1.54, 1.807) is 19.1 Å². The number of likely N-dealkylation sites (tertiary alicyclic amines) is 1. The molecular formula is C30H27Cl2F6N3O3S. The molecule has 0 aliphatic carbocycles. The Bertz CT molecular complexity index is 1600. The number of hydrogen-bond acceptors (Lipinski definition) is 5. The Kier molecular flexibility index (Phi) is 9.36. The number of piperidine rings is 1. The van der Waals surface area contributed by atoms with E-state index in [1.165, 1.54) is 4.90 Å². The zero-order valence-corrected chi connectivity index (χ0v) is 26.1. The minimum Gasteiger partial charge on any atom is -0.474 e. The maximum atomic E-state index is 14.7. The molecule has 1 saturated heterocycles. The molecule has 2 aromatic heterocycles. The van der Waals surface area contributed by atoms with Gasteiger partial charge in [-0.2, -0.15) is 26.3 Å². The lowest BCUT2D eigenvalue weighted by molar-refractivity contribution is -0.160. The first-order valence-corrected chi connectivity index (χ1v) is 15.7. The highest BCUT2D eigenvalue weighted by Gasteiger charge is 2.56. The van der Waals surface area contributed by atoms with E-state index in [0.29, 0.717) is 39.8 Å². The normalized spacial score (nSPS) is 20.6. The number of carbonyl (C=O) groups excluding carboxylic acids is 2. The minimum absolute atomic E-state index is 0.00978. The number of alkyl halides is 6. The van der Waals surface area contributed by atoms with Gasteiger partial charge in [0.15, 0.2) is 0 Å². The van der Waals surface area contributed by atoms with Crippen LogP contribution in [0.5, 0.6) is 5.75 Å². The van der Waals surface area contributed by atoms with Crippen LogP contribution in [0, 0.1) is 0 Å². The lowest BCUT2D eigenvalue weighted by atomic mass is 9.79. The first-order valence-electron chi connectivity index (χ1n) is 14.1. The van der Waals surface area contributed by atoms with Crippen LogP contribution in [-0.2, 0) is 30.1 Å². The van der Waals surface area contributed by atoms with Gasteiger partial charge in [0.2, 0.25) is 5.60 Å². The smallest absolute Gasteiger partial charge is 0.425 e. The molecule has 5 rings (SSSR count). The number of amides is 2. The predicted molar refractivity (Wildman–Crippen MR) is 156 cm³/mol. The van der Waals surface area contributed by atoms with Gasteiger partial charge in [-0.1, -0.05) is 42.6 Å². The summed E-state index contributed by atoms with van der Waals surface area (Å²) in [5.41, 5.74) is -2.49. The predicted octanol–water partition coefficient (Wildman–Crippen LogP) is 8.29. The standard InChI is InChI=1S/C30H27Cl2F6N3O3S/c1-2-5-22-28(44-18-14-23(45-16-18)30(36,37)38,27(43)40-13-9-19-17(15-40)7-8-21(31)24(19)32)10-4-12-41(22)26(42)25-20(29(33,34)35)6-3-11-39-25/h3,6-8,11,14,16,22H,2,4-5,9-10,12-13,15H2,1H3/t22-,28+/m1/s1. The Morgan fingerprint density at radius 3 is 2.53 bits per heavy atom. The Morgan fingerprint density at radius 1 is 1.11 bits per heavy atom. The quantitative estimate of drug-likeness (QED) is 0.244. The van der Waals surface area contributed by atoms with Crippen LogP contribution in [-0.4, -0.2) is 51.3 Å². The van der Waals surface area contributed by atoms with Gasteiger partial charge in [0.1, 0.15) is 16.3 Å². The van der Waals surface area contributed by atoms with Crippen LogP contribution in [0.25, 0.3) is 0 Å². The second-order valence-electron chi connectivity index (χ2n) is 10.9. The van der Waals surface area contributed by atoms with E-state index in [2.05, 4.69) is 4.98 Å². The summed E-state index contributed by atoms with van der Waals surface area (Å²) in [7, 11) is 0. The van der Waals surface area contributed by atoms with Crippen molar-refractivity contribution in [3.63, 3.8) is 0 Å². The summed E-state index contributed by atoms with van der Waals surface area (Å²) in [5, 5.41) is 1.85. The van der Waals surface area contributed by atoms with Crippen molar-refractivity contribution in [3.8, 4) is 5.75 Å². The van der Waals surface area contributed by atoms with Crippen LogP contribution < -0.4 is 4.74 Å². The number of benzene rings is 1. The van der Waals surface area contributed by atoms with E-state index in [0.717, 1.165) is 40.2 Å². The fourth-order valence-electron chi connectivity index (χ4n) is 6.10. The fraction of sp³-hybridized carbons (Fsp3) is 0.433. The highest BCUT2D eigenvalue weighted by Crippen LogP contribution is 2.43. The largest absolute Gasteiger partial charge is 0.474 e. The SMILES string of the molecule is CCC[C@H]1N(C(=O)c2ncccc2C(F)(F)F)CCC[C@@]1(Oc1csc(C(F)(F)F)c1)C(=O)N1CCc2c(ccc(Cl)c2Cl)C1. The van der Waals surface area contributed by atoms with Crippen molar-refractivity contribution in [2.75, 3.05) is 13.1 Å². The molecule has 0 bridgehead atoms. The summed E-state index contributed by atoms with van der Waals surface area (Å²) in [5.74, 6) is -1.86. The Balaban J connectivity index is 1.59. The number of ether oxygens (including phenoxy) is 1. The molecule has 242 valence electrons. The Morgan fingerprint density at radius 2 is 1.87 bits per heavy atom. The van der Waals surface area contributed by atoms with E-state index in [-0.39, 0.29) is 44.6 Å². The zero-order chi connectivity index (χ0) is 32.7. The third-order valence-corrected chi connectivity index (χ3v) is 9.89. The summed E-state index contributed by atoms with van der Waals surface area (Å²) in [6.45, 7) is 2.01. The van der Waals surface area contributed by atoms with Crippen molar-refractivity contribution in [1.82, 2.24) is 14.8 Å². The topological polar surface area (TPSA) is 62.7 Å². The molecule has 0 saturated carbocycles. The van der Waals surface area contributed by atoms with Crippen molar-refractivity contribution < 1.29 is 40.7 Å². The van der Waals surface area contributed by atoms with Crippen molar-refractivity contribution in [1.29, 1.82) is 0 Å². The van der Waals surface area contributed by atoms with Gasteiger partial charge < -0.3 is 14.5 Å². The van der Waals surface area contributed by atoms with E-state index in [4.69, 9.17) is 27.9 Å². The minimum atomic E-state index is -4.88. The van der Waals surface area contributed by atoms with Crippen LogP contribution in [0.15, 0.2) is 41.9 Å². The number of hydrogen-bond donors (Lipinski definition) is 0. The molecule has 0 N–H and O–H groups in total. The lowest BCUT2D eigenvalue weighted by Crippen LogP contribution is -2.68. The van der Waals surface area contributed by atoms with Crippen LogP contribution in [0.2, 0.25) is 10.0 Å². The van der Waals surface area contributed by atoms with Gasteiger partial charge in [0.05, 0.1) is 21.7 Å². The van der Waals surface area contributed by atoms with Crippen LogP contribution in [0.4, 0.5) is 26.3 Å². The fourth-order valence-corrected chi connectivity index (χ4v) is 7.23. The van der Waals surface area contributed by atoms with Crippen LogP contribution in [0.3, 0.4) is 0 Å². The number of halogens is 8. The van der Waals surface area contributed by atoms with Crippen molar-refractivity contribution in [2.45, 2.75) is 69.6 Å². The third kappa shape index (κ3) is 6.48.